The number of hydrogen-bond acceptors (Lipinski definition) is 4. The molecule has 1 aliphatic heterocycles. The van der Waals surface area contributed by atoms with Crippen molar-refractivity contribution in [2.75, 3.05) is 0 Å². The molecule has 2 rings (SSSR count). The van der Waals surface area contributed by atoms with E-state index in [1.807, 2.05) is 4.68 Å². The Morgan fingerprint density at radius 1 is 1.53 bits per heavy atom. The molecule has 3 atom stereocenters. The Kier molecular flexibility index (Phi) is 3.79. The maximum Gasteiger partial charge on any atom is 0.138 e. The monoisotopic (exact) mass is 238 g/mol. The minimum absolute atomic E-state index is 0.0154. The third kappa shape index (κ3) is 2.84. The molecule has 1 aromatic heterocycles. The molecule has 1 fully saturated rings. The summed E-state index contributed by atoms with van der Waals surface area (Å²) in [4.78, 5) is 4.28. The first-order valence-corrected chi connectivity index (χ1v) is 6.37. The van der Waals surface area contributed by atoms with E-state index in [9.17, 15) is 0 Å². The number of rotatable bonds is 4. The molecule has 2 N–H and O–H groups in total. The summed E-state index contributed by atoms with van der Waals surface area (Å²) >= 11 is 0. The lowest BCUT2D eigenvalue weighted by Gasteiger charge is -2.19. The molecular weight excluding hydrogens is 216 g/mol. The van der Waals surface area contributed by atoms with Crippen LogP contribution in [-0.4, -0.2) is 33.0 Å². The third-order valence-corrected chi connectivity index (χ3v) is 3.30. The molecule has 0 aliphatic carbocycles. The number of nitrogens with two attached hydrogens (primary N) is 1. The van der Waals surface area contributed by atoms with Crippen LogP contribution in [0.4, 0.5) is 0 Å². The highest BCUT2D eigenvalue weighted by molar-refractivity contribution is 4.94. The molecule has 0 aromatic carbocycles. The van der Waals surface area contributed by atoms with Gasteiger partial charge in [-0.3, -0.25) is 0 Å². The summed E-state index contributed by atoms with van der Waals surface area (Å²) in [5.41, 5.74) is 6.20. The fourth-order valence-electron chi connectivity index (χ4n) is 2.34. The molecule has 1 aliphatic rings. The Labute approximate surface area is 102 Å². The van der Waals surface area contributed by atoms with Gasteiger partial charge in [-0.25, -0.2) is 9.67 Å². The molecule has 0 radical (unpaired) electrons. The summed E-state index contributed by atoms with van der Waals surface area (Å²) in [5, 5.41) is 4.22. The van der Waals surface area contributed by atoms with Crippen LogP contribution in [-0.2, 0) is 11.2 Å². The molecule has 1 saturated heterocycles. The van der Waals surface area contributed by atoms with E-state index in [4.69, 9.17) is 10.5 Å². The van der Waals surface area contributed by atoms with Gasteiger partial charge >= 0.3 is 0 Å². The minimum atomic E-state index is 0.0154. The molecule has 5 heteroatoms. The van der Waals surface area contributed by atoms with E-state index in [1.165, 1.54) is 0 Å². The predicted molar refractivity (Wildman–Crippen MR) is 65.7 cm³/mol. The first-order chi connectivity index (χ1) is 8.08. The molecular formula is C12H22N4O. The zero-order valence-electron chi connectivity index (χ0n) is 10.8. The molecule has 2 heterocycles. The Balaban J connectivity index is 1.98. The van der Waals surface area contributed by atoms with E-state index >= 15 is 0 Å². The van der Waals surface area contributed by atoms with Crippen LogP contribution < -0.4 is 5.73 Å². The first kappa shape index (κ1) is 12.5. The second-order valence-electron chi connectivity index (χ2n) is 5.15. The van der Waals surface area contributed by atoms with Crippen LogP contribution in [0.5, 0.6) is 0 Å². The smallest absolute Gasteiger partial charge is 0.138 e. The van der Waals surface area contributed by atoms with Gasteiger partial charge in [0.05, 0.1) is 12.2 Å². The Morgan fingerprint density at radius 3 is 2.88 bits per heavy atom. The molecule has 3 unspecified atom stereocenters. The number of ether oxygens (including phenoxy) is 1. The Bertz CT molecular complexity index is 363. The van der Waals surface area contributed by atoms with Crippen LogP contribution in [0.2, 0.25) is 0 Å². The van der Waals surface area contributed by atoms with Gasteiger partial charge in [-0.05, 0) is 33.6 Å². The van der Waals surface area contributed by atoms with Gasteiger partial charge in [0.2, 0.25) is 0 Å². The summed E-state index contributed by atoms with van der Waals surface area (Å²) in [6, 6.07) is 0.338. The van der Waals surface area contributed by atoms with E-state index in [-0.39, 0.29) is 12.1 Å². The van der Waals surface area contributed by atoms with Gasteiger partial charge in [0, 0.05) is 18.5 Å². The molecule has 0 spiro atoms. The van der Waals surface area contributed by atoms with Gasteiger partial charge < -0.3 is 10.5 Å². The van der Waals surface area contributed by atoms with Gasteiger partial charge in [0.15, 0.2) is 0 Å². The number of hydrogen-bond donors (Lipinski definition) is 1. The van der Waals surface area contributed by atoms with Crippen molar-refractivity contribution in [2.24, 2.45) is 5.73 Å². The quantitative estimate of drug-likeness (QED) is 0.858. The fraction of sp³-hybridized carbons (Fsp3) is 0.833. The lowest BCUT2D eigenvalue weighted by atomic mass is 10.0. The Hall–Kier alpha value is -0.940. The van der Waals surface area contributed by atoms with E-state index in [1.54, 1.807) is 6.33 Å². The topological polar surface area (TPSA) is 66.0 Å². The van der Waals surface area contributed by atoms with Crippen LogP contribution >= 0.6 is 0 Å². The second-order valence-corrected chi connectivity index (χ2v) is 5.15. The molecule has 5 nitrogen and oxygen atoms in total. The average Bonchev–Trinajstić information content (AvgIpc) is 2.86. The van der Waals surface area contributed by atoms with Gasteiger partial charge in [-0.1, -0.05) is 0 Å². The summed E-state index contributed by atoms with van der Waals surface area (Å²) in [7, 11) is 0. The van der Waals surface area contributed by atoms with Crippen LogP contribution in [0.15, 0.2) is 6.33 Å². The predicted octanol–water partition coefficient (Wildman–Crippen LogP) is 1.30. The van der Waals surface area contributed by atoms with E-state index in [0.29, 0.717) is 12.1 Å². The largest absolute Gasteiger partial charge is 0.374 e. The molecule has 0 amide bonds. The van der Waals surface area contributed by atoms with Crippen molar-refractivity contribution >= 4 is 0 Å². The lowest BCUT2D eigenvalue weighted by molar-refractivity contribution is 0.0398. The maximum absolute atomic E-state index is 6.20. The molecule has 17 heavy (non-hydrogen) atoms. The van der Waals surface area contributed by atoms with Crippen molar-refractivity contribution in [3.63, 3.8) is 0 Å². The van der Waals surface area contributed by atoms with Crippen LogP contribution in [0.1, 0.15) is 45.5 Å². The normalized spacial score (nSPS) is 26.6. The SMILES string of the molecule is CC1CCC(C(N)Cc2ncnn2C(C)C)O1. The first-order valence-electron chi connectivity index (χ1n) is 6.37. The highest BCUT2D eigenvalue weighted by atomic mass is 16.5. The minimum Gasteiger partial charge on any atom is -0.374 e. The van der Waals surface area contributed by atoms with Gasteiger partial charge in [0.25, 0.3) is 0 Å². The standard InChI is InChI=1S/C12H22N4O/c1-8(2)16-12(14-7-15-16)6-10(13)11-5-4-9(3)17-11/h7-11H,4-6,13H2,1-3H3. The van der Waals surface area contributed by atoms with Crippen molar-refractivity contribution in [2.45, 2.75) is 64.3 Å². The van der Waals surface area contributed by atoms with Crippen molar-refractivity contribution in [3.8, 4) is 0 Å². The molecule has 96 valence electrons. The zero-order chi connectivity index (χ0) is 12.4. The van der Waals surface area contributed by atoms with Crippen molar-refractivity contribution in [1.29, 1.82) is 0 Å². The molecule has 0 saturated carbocycles. The lowest BCUT2D eigenvalue weighted by Crippen LogP contribution is -2.37. The fourth-order valence-corrected chi connectivity index (χ4v) is 2.34. The third-order valence-electron chi connectivity index (χ3n) is 3.30. The maximum atomic E-state index is 6.20. The van der Waals surface area contributed by atoms with Gasteiger partial charge in [0.1, 0.15) is 12.2 Å². The van der Waals surface area contributed by atoms with Crippen LogP contribution in [0.3, 0.4) is 0 Å². The number of nitrogens with zero attached hydrogens (tertiary/aromatic N) is 3. The summed E-state index contributed by atoms with van der Waals surface area (Å²) in [5.74, 6) is 0.954. The van der Waals surface area contributed by atoms with Crippen molar-refractivity contribution in [1.82, 2.24) is 14.8 Å². The molecule has 1 aromatic rings. The summed E-state index contributed by atoms with van der Waals surface area (Å²) in [6.45, 7) is 6.29. The van der Waals surface area contributed by atoms with E-state index in [2.05, 4.69) is 30.9 Å². The second kappa shape index (κ2) is 5.14. The molecule has 0 bridgehead atoms. The zero-order valence-corrected chi connectivity index (χ0v) is 10.8. The average molecular weight is 238 g/mol. The van der Waals surface area contributed by atoms with Crippen molar-refractivity contribution in [3.05, 3.63) is 12.2 Å². The summed E-state index contributed by atoms with van der Waals surface area (Å²) in [6.07, 6.45) is 5.00. The Morgan fingerprint density at radius 2 is 2.29 bits per heavy atom. The van der Waals surface area contributed by atoms with Gasteiger partial charge in [-0.2, -0.15) is 5.10 Å². The highest BCUT2D eigenvalue weighted by Crippen LogP contribution is 2.22. The number of aromatic nitrogens is 3. The van der Waals surface area contributed by atoms with Gasteiger partial charge in [-0.15, -0.1) is 0 Å². The van der Waals surface area contributed by atoms with Crippen LogP contribution in [0, 0.1) is 0 Å². The highest BCUT2D eigenvalue weighted by Gasteiger charge is 2.28. The summed E-state index contributed by atoms with van der Waals surface area (Å²) < 4.78 is 7.72. The van der Waals surface area contributed by atoms with E-state index < -0.39 is 0 Å². The van der Waals surface area contributed by atoms with E-state index in [0.717, 1.165) is 25.1 Å². The van der Waals surface area contributed by atoms with Crippen molar-refractivity contribution < 1.29 is 4.74 Å². The van der Waals surface area contributed by atoms with Crippen LogP contribution in [0.25, 0.3) is 0 Å².